The van der Waals surface area contributed by atoms with Crippen LogP contribution in [0, 0.1) is 6.92 Å². The third kappa shape index (κ3) is 5.57. The van der Waals surface area contributed by atoms with Crippen LogP contribution in [-0.4, -0.2) is 44.7 Å². The van der Waals surface area contributed by atoms with Crippen LogP contribution in [0.2, 0.25) is 0 Å². The van der Waals surface area contributed by atoms with Crippen LogP contribution in [0.5, 0.6) is 17.2 Å². The maximum Gasteiger partial charge on any atom is 0.245 e. The molecule has 2 aromatic carbocycles. The second-order valence-corrected chi connectivity index (χ2v) is 10.0. The fourth-order valence-corrected chi connectivity index (χ4v) is 5.29. The summed E-state index contributed by atoms with van der Waals surface area (Å²) in [6.07, 6.45) is 2.83. The molecule has 0 saturated heterocycles. The number of fused-ring (bicyclic) bond motifs is 3. The smallest absolute Gasteiger partial charge is 0.245 e. The molecule has 3 N–H and O–H groups in total. The first-order chi connectivity index (χ1) is 18.2. The van der Waals surface area contributed by atoms with E-state index in [4.69, 9.17) is 14.2 Å². The predicted molar refractivity (Wildman–Crippen MR) is 147 cm³/mol. The minimum Gasteiger partial charge on any atom is -0.493 e. The third-order valence-corrected chi connectivity index (χ3v) is 7.05. The molecule has 38 heavy (non-hydrogen) atoms. The number of methoxy groups -OCH3 is 3. The maximum atomic E-state index is 13.3. The molecule has 4 rings (SSSR count). The molecule has 11 heteroatoms. The molecule has 1 aliphatic carbocycles. The highest BCUT2D eigenvalue weighted by Gasteiger charge is 2.29. The normalized spacial score (nSPS) is 13.9. The zero-order valence-corrected chi connectivity index (χ0v) is 22.7. The van der Waals surface area contributed by atoms with Gasteiger partial charge < -0.3 is 30.2 Å². The first kappa shape index (κ1) is 26.9. The molecular formula is C27H30N4O6S. The van der Waals surface area contributed by atoms with Gasteiger partial charge in [0, 0.05) is 23.6 Å². The zero-order chi connectivity index (χ0) is 27.4. The Hall–Kier alpha value is -4.12. The summed E-state index contributed by atoms with van der Waals surface area (Å²) in [7, 11) is 4.64. The van der Waals surface area contributed by atoms with E-state index in [9.17, 15) is 14.4 Å². The summed E-state index contributed by atoms with van der Waals surface area (Å²) >= 11 is 1.37. The Kier molecular flexibility index (Phi) is 8.16. The van der Waals surface area contributed by atoms with Crippen LogP contribution >= 0.6 is 11.3 Å². The Bertz CT molecular complexity index is 1440. The van der Waals surface area contributed by atoms with Crippen molar-refractivity contribution in [2.24, 2.45) is 0 Å². The van der Waals surface area contributed by atoms with E-state index in [2.05, 4.69) is 20.9 Å². The number of hydrogen-bond donors (Lipinski definition) is 3. The molecule has 1 atom stereocenters. The van der Waals surface area contributed by atoms with Gasteiger partial charge in [-0.15, -0.1) is 11.3 Å². The van der Waals surface area contributed by atoms with Crippen LogP contribution in [0.15, 0.2) is 35.3 Å². The van der Waals surface area contributed by atoms with Crippen LogP contribution in [0.3, 0.4) is 0 Å². The highest BCUT2D eigenvalue weighted by Crippen LogP contribution is 2.50. The lowest BCUT2D eigenvalue weighted by Gasteiger charge is -2.19. The fraction of sp³-hybridized carbons (Fsp3) is 0.333. The molecule has 0 aliphatic heterocycles. The van der Waals surface area contributed by atoms with Gasteiger partial charge in [-0.2, -0.15) is 0 Å². The number of thiazole rings is 1. The number of aryl methyl sites for hydroxylation is 2. The number of hydrogen-bond acceptors (Lipinski definition) is 9. The van der Waals surface area contributed by atoms with E-state index in [0.29, 0.717) is 46.3 Å². The average Bonchev–Trinajstić information content (AvgIpc) is 3.15. The number of anilines is 2. The van der Waals surface area contributed by atoms with Gasteiger partial charge in [-0.05, 0) is 54.7 Å². The number of aromatic nitrogens is 1. The quantitative estimate of drug-likeness (QED) is 0.396. The van der Waals surface area contributed by atoms with Crippen molar-refractivity contribution < 1.29 is 23.8 Å². The van der Waals surface area contributed by atoms with E-state index >= 15 is 0 Å². The second kappa shape index (κ2) is 11.5. The first-order valence-electron chi connectivity index (χ1n) is 12.0. The molecule has 0 fully saturated rings. The van der Waals surface area contributed by atoms with Crippen LogP contribution in [-0.2, 0) is 16.0 Å². The van der Waals surface area contributed by atoms with Crippen LogP contribution in [0.1, 0.15) is 35.4 Å². The molecule has 0 radical (unpaired) electrons. The molecule has 3 aromatic rings. The number of amides is 2. The summed E-state index contributed by atoms with van der Waals surface area (Å²) in [4.78, 5) is 42.9. The molecule has 1 aromatic heterocycles. The number of nitrogens with one attached hydrogen (secondary N) is 3. The first-order valence-corrected chi connectivity index (χ1v) is 12.8. The molecule has 0 saturated carbocycles. The lowest BCUT2D eigenvalue weighted by Crippen LogP contribution is -2.27. The second-order valence-electron chi connectivity index (χ2n) is 8.77. The van der Waals surface area contributed by atoms with E-state index in [1.165, 1.54) is 31.4 Å². The number of nitrogens with zero attached hydrogens (tertiary/aromatic N) is 1. The van der Waals surface area contributed by atoms with Gasteiger partial charge in [0.2, 0.25) is 23.0 Å². The predicted octanol–water partition coefficient (Wildman–Crippen LogP) is 3.68. The van der Waals surface area contributed by atoms with E-state index in [0.717, 1.165) is 16.0 Å². The highest BCUT2D eigenvalue weighted by atomic mass is 32.1. The van der Waals surface area contributed by atoms with E-state index in [1.807, 2.05) is 13.0 Å². The van der Waals surface area contributed by atoms with E-state index < -0.39 is 6.04 Å². The van der Waals surface area contributed by atoms with Crippen molar-refractivity contribution in [3.63, 3.8) is 0 Å². The number of carbonyl (C=O) groups excluding carboxylic acids is 2. The summed E-state index contributed by atoms with van der Waals surface area (Å²) < 4.78 is 16.9. The fourth-order valence-electron chi connectivity index (χ4n) is 4.61. The summed E-state index contributed by atoms with van der Waals surface area (Å²) in [5, 5.41) is 9.12. The number of carbonyl (C=O) groups is 2. The Morgan fingerprint density at radius 1 is 1.11 bits per heavy atom. The van der Waals surface area contributed by atoms with Gasteiger partial charge in [0.1, 0.15) is 0 Å². The Balaban J connectivity index is 1.79. The summed E-state index contributed by atoms with van der Waals surface area (Å²) in [6, 6.07) is 6.42. The minimum absolute atomic E-state index is 0.122. The molecule has 1 heterocycles. The summed E-state index contributed by atoms with van der Waals surface area (Å²) in [6.45, 7) is 3.22. The minimum atomic E-state index is -0.416. The van der Waals surface area contributed by atoms with Crippen LogP contribution in [0.4, 0.5) is 10.8 Å². The van der Waals surface area contributed by atoms with Crippen molar-refractivity contribution in [2.75, 3.05) is 38.5 Å². The van der Waals surface area contributed by atoms with Gasteiger partial charge in [-0.1, -0.05) is 6.07 Å². The van der Waals surface area contributed by atoms with Gasteiger partial charge in [0.05, 0.1) is 39.6 Å². The van der Waals surface area contributed by atoms with Gasteiger partial charge in [-0.25, -0.2) is 4.98 Å². The summed E-state index contributed by atoms with van der Waals surface area (Å²) in [5.41, 5.74) is 2.96. The monoisotopic (exact) mass is 538 g/mol. The van der Waals surface area contributed by atoms with Crippen molar-refractivity contribution in [2.45, 2.75) is 32.7 Å². The Morgan fingerprint density at radius 2 is 1.87 bits per heavy atom. The number of ether oxygens (including phenoxy) is 3. The van der Waals surface area contributed by atoms with Crippen molar-refractivity contribution in [3.05, 3.63) is 56.7 Å². The van der Waals surface area contributed by atoms with Crippen LogP contribution in [0.25, 0.3) is 11.1 Å². The molecule has 10 nitrogen and oxygen atoms in total. The molecule has 0 unspecified atom stereocenters. The largest absolute Gasteiger partial charge is 0.493 e. The van der Waals surface area contributed by atoms with Crippen molar-refractivity contribution in [1.82, 2.24) is 10.3 Å². The molecule has 1 aliphatic rings. The topological polar surface area (TPSA) is 128 Å². The zero-order valence-electron chi connectivity index (χ0n) is 21.9. The molecule has 200 valence electrons. The van der Waals surface area contributed by atoms with Crippen molar-refractivity contribution >= 4 is 34.0 Å². The molecule has 2 amide bonds. The number of benzene rings is 1. The third-order valence-electron chi connectivity index (χ3n) is 6.22. The van der Waals surface area contributed by atoms with Crippen molar-refractivity contribution in [3.8, 4) is 28.4 Å². The summed E-state index contributed by atoms with van der Waals surface area (Å²) in [5.74, 6) is 0.889. The Labute approximate surface area is 224 Å². The number of rotatable bonds is 8. The average molecular weight is 539 g/mol. The molecule has 0 bridgehead atoms. The van der Waals surface area contributed by atoms with Gasteiger partial charge in [0.25, 0.3) is 0 Å². The van der Waals surface area contributed by atoms with E-state index in [1.54, 1.807) is 32.5 Å². The van der Waals surface area contributed by atoms with Gasteiger partial charge >= 0.3 is 0 Å². The van der Waals surface area contributed by atoms with Gasteiger partial charge in [-0.3, -0.25) is 14.4 Å². The van der Waals surface area contributed by atoms with Gasteiger partial charge in [0.15, 0.2) is 16.6 Å². The maximum absolute atomic E-state index is 13.3. The standard InChI is InChI=1S/C27H30N4O6S/c1-14-12-29-27(38-14)31-23(34)13-28-20-9-7-17-18(11-21(20)33)19(30-15(2)32)8-6-16-10-22(35-3)25(36-4)26(37-5)24(16)17/h7,9-12,19H,6,8,13H2,1-5H3,(H,28,33)(H,30,32)(H,29,31,34)/t19-/m0/s1. The lowest BCUT2D eigenvalue weighted by molar-refractivity contribution is -0.119. The Morgan fingerprint density at radius 3 is 2.50 bits per heavy atom. The molecular weight excluding hydrogens is 508 g/mol. The molecule has 0 spiro atoms. The van der Waals surface area contributed by atoms with Crippen molar-refractivity contribution in [1.29, 1.82) is 0 Å². The SMILES string of the molecule is COc1cc2c(c(OC)c1OC)-c1ccc(NCC(=O)Nc3ncc(C)s3)c(=O)cc1[C@@H](NC(C)=O)CC2. The highest BCUT2D eigenvalue weighted by molar-refractivity contribution is 7.15. The van der Waals surface area contributed by atoms with E-state index in [-0.39, 0.29) is 29.5 Å². The lowest BCUT2D eigenvalue weighted by atomic mass is 9.95. The van der Waals surface area contributed by atoms with Crippen LogP contribution < -0.4 is 35.6 Å².